The number of rotatable bonds is 8. The van der Waals surface area contributed by atoms with E-state index in [1.54, 1.807) is 37.4 Å². The lowest BCUT2D eigenvalue weighted by atomic mass is 9.97. The van der Waals surface area contributed by atoms with Crippen molar-refractivity contribution in [3.05, 3.63) is 63.7 Å². The van der Waals surface area contributed by atoms with E-state index in [4.69, 9.17) is 13.8 Å². The fourth-order valence-electron chi connectivity index (χ4n) is 4.53. The number of amides is 1. The second-order valence-electron chi connectivity index (χ2n) is 11.5. The van der Waals surface area contributed by atoms with Crippen molar-refractivity contribution in [3.8, 4) is 11.1 Å². The number of fused-ring (bicyclic) bond motifs is 1. The molecule has 2 aromatic rings. The Balaban J connectivity index is 0.00000441. The van der Waals surface area contributed by atoms with Gasteiger partial charge in [-0.3, -0.25) is 24.5 Å². The van der Waals surface area contributed by atoms with Crippen LogP contribution in [0.4, 0.5) is 5.69 Å². The molecule has 2 aliphatic rings. The third kappa shape index (κ3) is 6.33. The number of hydrogen-bond donors (Lipinski definition) is 0. The van der Waals surface area contributed by atoms with Crippen molar-refractivity contribution in [2.45, 2.75) is 51.6 Å². The van der Waals surface area contributed by atoms with E-state index in [9.17, 15) is 19.7 Å². The molecule has 0 N–H and O–H groups in total. The Hall–Kier alpha value is -2.99. The van der Waals surface area contributed by atoms with Gasteiger partial charge in [0.1, 0.15) is 12.1 Å². The van der Waals surface area contributed by atoms with Crippen LogP contribution in [0.25, 0.3) is 11.1 Å². The first-order chi connectivity index (χ1) is 18.2. The number of nitro groups is 1. The van der Waals surface area contributed by atoms with E-state index in [1.165, 1.54) is 11.0 Å². The molecular formula is C29H41N3O7S. The number of esters is 1. The monoisotopic (exact) mass is 575 g/mol. The number of carbonyl (C=O) groups is 2. The minimum atomic E-state index is -1.37. The van der Waals surface area contributed by atoms with Crippen molar-refractivity contribution in [1.82, 2.24) is 9.96 Å². The third-order valence-electron chi connectivity index (χ3n) is 7.55. The van der Waals surface area contributed by atoms with E-state index in [0.29, 0.717) is 24.3 Å². The van der Waals surface area contributed by atoms with Gasteiger partial charge in [-0.2, -0.15) is 5.06 Å². The van der Waals surface area contributed by atoms with Crippen LogP contribution in [0, 0.1) is 16.0 Å². The zero-order valence-corrected chi connectivity index (χ0v) is 24.3. The Bertz CT molecular complexity index is 1270. The fourth-order valence-corrected chi connectivity index (χ4v) is 5.36. The van der Waals surface area contributed by atoms with Crippen molar-refractivity contribution >= 4 is 27.9 Å². The molecule has 2 aromatic carbocycles. The highest BCUT2D eigenvalue weighted by molar-refractivity contribution is 8.29. The summed E-state index contributed by atoms with van der Waals surface area (Å²) in [6.45, 7) is 7.39. The third-order valence-corrected chi connectivity index (χ3v) is 11.2. The van der Waals surface area contributed by atoms with Crippen molar-refractivity contribution in [1.29, 1.82) is 0 Å². The highest BCUT2D eigenvalue weighted by Gasteiger charge is 2.53. The predicted octanol–water partition coefficient (Wildman–Crippen LogP) is 5.05. The molecule has 220 valence electrons. The number of hydrogen-bond acceptors (Lipinski definition) is 8. The van der Waals surface area contributed by atoms with Gasteiger partial charge in [0.25, 0.3) is 11.6 Å². The molecule has 40 heavy (non-hydrogen) atoms. The van der Waals surface area contributed by atoms with Gasteiger partial charge < -0.3 is 13.8 Å². The van der Waals surface area contributed by atoms with Gasteiger partial charge in [-0.05, 0) is 41.8 Å². The number of hydroxylamine groups is 2. The number of cyclic esters (lactones) is 1. The lowest BCUT2D eigenvalue weighted by Gasteiger charge is -2.44. The molecule has 2 heterocycles. The molecule has 0 aliphatic carbocycles. The Labute approximate surface area is 238 Å². The number of benzene rings is 2. The normalized spacial score (nSPS) is 21.4. The minimum Gasteiger partial charge on any atom is -0.464 e. The maximum atomic E-state index is 12.6. The number of carbonyl (C=O) groups excluding carboxylic acids is 2. The first kappa shape index (κ1) is 31.5. The van der Waals surface area contributed by atoms with Crippen LogP contribution in [0.5, 0.6) is 0 Å². The highest BCUT2D eigenvalue weighted by atomic mass is 32.3. The standard InChI is InChI=1S/C28H37N3O7S.CH4/c1-28(2,3)39(6,7)37-17-24-22-16-36-27(33)25(22)30(38-24)15-18-9-8-10-19(13-18)21-12-11-20(26(32)29(4)5)14-23(21)31(34)35;/h8-14,22,24-25H,15-17H2,1-7H3;1H4/t22?,24?,25-;/m0./s1. The number of nitro benzene ring substituents is 1. The molecule has 2 aliphatic heterocycles. The molecule has 3 atom stereocenters. The summed E-state index contributed by atoms with van der Waals surface area (Å²) >= 11 is 0. The van der Waals surface area contributed by atoms with Crippen molar-refractivity contribution in [2.24, 2.45) is 5.92 Å². The maximum absolute atomic E-state index is 12.6. The molecular weight excluding hydrogens is 534 g/mol. The molecule has 10 nitrogen and oxygen atoms in total. The van der Waals surface area contributed by atoms with Gasteiger partial charge in [0.15, 0.2) is 0 Å². The largest absolute Gasteiger partial charge is 0.464 e. The highest BCUT2D eigenvalue weighted by Crippen LogP contribution is 2.54. The number of nitrogens with zero attached hydrogens (tertiary/aromatic N) is 3. The van der Waals surface area contributed by atoms with Gasteiger partial charge in [0, 0.05) is 30.5 Å². The van der Waals surface area contributed by atoms with Crippen molar-refractivity contribution in [2.75, 3.05) is 39.8 Å². The number of ether oxygens (including phenoxy) is 1. The smallest absolute Gasteiger partial charge is 0.326 e. The maximum Gasteiger partial charge on any atom is 0.326 e. The average molecular weight is 576 g/mol. The summed E-state index contributed by atoms with van der Waals surface area (Å²) < 4.78 is 11.7. The van der Waals surface area contributed by atoms with E-state index in [1.807, 2.05) is 18.2 Å². The molecule has 0 radical (unpaired) electrons. The summed E-state index contributed by atoms with van der Waals surface area (Å²) in [7, 11) is 1.83. The first-order valence-electron chi connectivity index (χ1n) is 12.8. The quantitative estimate of drug-likeness (QED) is 0.244. The molecule has 0 saturated carbocycles. The van der Waals surface area contributed by atoms with Gasteiger partial charge in [0.05, 0.1) is 36.2 Å². The fraction of sp³-hybridized carbons (Fsp3) is 0.517. The van der Waals surface area contributed by atoms with Gasteiger partial charge in [-0.1, -0.05) is 46.4 Å². The van der Waals surface area contributed by atoms with E-state index in [-0.39, 0.29) is 53.9 Å². The van der Waals surface area contributed by atoms with Crippen LogP contribution in [0.2, 0.25) is 0 Å². The molecule has 0 bridgehead atoms. The molecule has 2 unspecified atom stereocenters. The summed E-state index contributed by atoms with van der Waals surface area (Å²) in [5.41, 5.74) is 1.93. The van der Waals surface area contributed by atoms with Crippen LogP contribution >= 0.6 is 10.3 Å². The average Bonchev–Trinajstić information content (AvgIpc) is 3.41. The SMILES string of the molecule is C.CN(C)C(=O)c1ccc(-c2cccc(CN3OC(COS(C)(C)C(C)(C)C)C4COC(=O)[C@H]43)c2)c([N+](=O)[O-])c1. The Kier molecular flexibility index (Phi) is 9.35. The molecule has 2 fully saturated rings. The molecule has 0 spiro atoms. The van der Waals surface area contributed by atoms with Crippen LogP contribution in [0.15, 0.2) is 42.5 Å². The van der Waals surface area contributed by atoms with E-state index in [0.717, 1.165) is 5.56 Å². The van der Waals surface area contributed by atoms with Gasteiger partial charge in [-0.15, -0.1) is 10.3 Å². The zero-order valence-electron chi connectivity index (χ0n) is 23.5. The molecule has 0 aromatic heterocycles. The predicted molar refractivity (Wildman–Crippen MR) is 157 cm³/mol. The second kappa shape index (κ2) is 11.9. The van der Waals surface area contributed by atoms with E-state index >= 15 is 0 Å². The molecule has 1 amide bonds. The molecule has 2 saturated heterocycles. The van der Waals surface area contributed by atoms with Crippen LogP contribution in [0.1, 0.15) is 44.1 Å². The van der Waals surface area contributed by atoms with Crippen molar-refractivity contribution in [3.63, 3.8) is 0 Å². The van der Waals surface area contributed by atoms with Crippen LogP contribution in [0.3, 0.4) is 0 Å². The molecule has 11 heteroatoms. The van der Waals surface area contributed by atoms with E-state index < -0.39 is 21.3 Å². The summed E-state index contributed by atoms with van der Waals surface area (Å²) in [4.78, 5) is 44.0. The first-order valence-corrected chi connectivity index (χ1v) is 15.1. The minimum absolute atomic E-state index is 0. The summed E-state index contributed by atoms with van der Waals surface area (Å²) in [6, 6.07) is 11.3. The summed E-state index contributed by atoms with van der Waals surface area (Å²) in [6.07, 6.45) is 3.93. The van der Waals surface area contributed by atoms with Crippen LogP contribution in [-0.4, -0.2) is 83.5 Å². The summed E-state index contributed by atoms with van der Waals surface area (Å²) in [5.74, 6) is -0.773. The van der Waals surface area contributed by atoms with Gasteiger partial charge in [0.2, 0.25) is 0 Å². The van der Waals surface area contributed by atoms with Gasteiger partial charge >= 0.3 is 5.97 Å². The second-order valence-corrected chi connectivity index (χ2v) is 15.4. The lowest BCUT2D eigenvalue weighted by Crippen LogP contribution is -2.34. The Morgan fingerprint density at radius 3 is 2.52 bits per heavy atom. The van der Waals surface area contributed by atoms with E-state index in [2.05, 4.69) is 33.3 Å². The van der Waals surface area contributed by atoms with Crippen LogP contribution < -0.4 is 0 Å². The lowest BCUT2D eigenvalue weighted by molar-refractivity contribution is -0.384. The molecule has 4 rings (SSSR count). The zero-order chi connectivity index (χ0) is 28.7. The Morgan fingerprint density at radius 2 is 1.90 bits per heavy atom. The summed E-state index contributed by atoms with van der Waals surface area (Å²) in [5, 5.41) is 13.5. The Morgan fingerprint density at radius 1 is 1.20 bits per heavy atom. The van der Waals surface area contributed by atoms with Crippen LogP contribution in [-0.2, 0) is 25.1 Å². The van der Waals surface area contributed by atoms with Gasteiger partial charge in [-0.25, -0.2) is 0 Å². The van der Waals surface area contributed by atoms with Crippen molar-refractivity contribution < 1.29 is 28.3 Å². The topological polar surface area (TPSA) is 111 Å².